The number of carbonyl (C=O) groups is 2. The Morgan fingerprint density at radius 1 is 1.26 bits per heavy atom. The van der Waals surface area contributed by atoms with Crippen LogP contribution in [0.3, 0.4) is 0 Å². The van der Waals surface area contributed by atoms with Gasteiger partial charge >= 0.3 is 0 Å². The van der Waals surface area contributed by atoms with E-state index in [-0.39, 0.29) is 24.1 Å². The minimum atomic E-state index is -0.175. The van der Waals surface area contributed by atoms with E-state index in [4.69, 9.17) is 4.74 Å². The smallest absolute Gasteiger partial charge is 0.250 e. The van der Waals surface area contributed by atoms with Crippen molar-refractivity contribution in [2.75, 3.05) is 24.7 Å². The molecule has 1 N–H and O–H groups in total. The predicted molar refractivity (Wildman–Crippen MR) is 108 cm³/mol. The number of hydrogen-bond donors (Lipinski definition) is 1. The van der Waals surface area contributed by atoms with Crippen LogP contribution in [0.15, 0.2) is 53.5 Å². The summed E-state index contributed by atoms with van der Waals surface area (Å²) < 4.78 is 5.28. The van der Waals surface area contributed by atoms with E-state index >= 15 is 0 Å². The van der Waals surface area contributed by atoms with Gasteiger partial charge in [-0.2, -0.15) is 0 Å². The Morgan fingerprint density at radius 2 is 2.04 bits per heavy atom. The number of carbonyl (C=O) groups excluding carboxylic acids is 2. The van der Waals surface area contributed by atoms with Crippen molar-refractivity contribution >= 4 is 34.4 Å². The number of ether oxygens (including phenoxy) is 1. The van der Waals surface area contributed by atoms with Crippen molar-refractivity contribution < 1.29 is 14.3 Å². The first-order chi connectivity index (χ1) is 13.1. The van der Waals surface area contributed by atoms with Crippen LogP contribution in [0, 0.1) is 6.92 Å². The monoisotopic (exact) mass is 383 g/mol. The summed E-state index contributed by atoms with van der Waals surface area (Å²) in [6.07, 6.45) is 0. The number of thioether (sulfide) groups is 1. The molecule has 0 aliphatic carbocycles. The van der Waals surface area contributed by atoms with Crippen LogP contribution >= 0.6 is 11.8 Å². The van der Waals surface area contributed by atoms with E-state index in [1.807, 2.05) is 55.5 Å². The molecule has 0 unspecified atom stereocenters. The molecule has 0 spiro atoms. The first-order valence-electron chi connectivity index (χ1n) is 8.53. The summed E-state index contributed by atoms with van der Waals surface area (Å²) in [7, 11) is 1.56. The molecule has 27 heavy (non-hydrogen) atoms. The number of aliphatic imine (C=N–C) groups is 1. The molecule has 0 aromatic heterocycles. The highest BCUT2D eigenvalue weighted by Gasteiger charge is 2.26. The zero-order valence-electron chi connectivity index (χ0n) is 15.3. The molecule has 6 nitrogen and oxygen atoms in total. The summed E-state index contributed by atoms with van der Waals surface area (Å²) in [4.78, 5) is 30.4. The van der Waals surface area contributed by atoms with E-state index in [1.54, 1.807) is 12.0 Å². The fourth-order valence-electron chi connectivity index (χ4n) is 2.69. The van der Waals surface area contributed by atoms with E-state index in [2.05, 4.69) is 10.3 Å². The van der Waals surface area contributed by atoms with Gasteiger partial charge in [0.1, 0.15) is 12.3 Å². The summed E-state index contributed by atoms with van der Waals surface area (Å²) in [6.45, 7) is 2.53. The average molecular weight is 383 g/mol. The molecule has 2 aromatic rings. The van der Waals surface area contributed by atoms with Gasteiger partial charge in [0.15, 0.2) is 5.17 Å². The third kappa shape index (κ3) is 4.89. The van der Waals surface area contributed by atoms with Crippen molar-refractivity contribution in [1.82, 2.24) is 4.90 Å². The van der Waals surface area contributed by atoms with E-state index in [0.29, 0.717) is 23.1 Å². The van der Waals surface area contributed by atoms with Crippen molar-refractivity contribution in [3.05, 3.63) is 59.7 Å². The van der Waals surface area contributed by atoms with Gasteiger partial charge in [-0.25, -0.2) is 0 Å². The average Bonchev–Trinajstić information content (AvgIpc) is 3.01. The lowest BCUT2D eigenvalue weighted by Gasteiger charge is -2.18. The first-order valence-corrected chi connectivity index (χ1v) is 9.51. The Bertz CT molecular complexity index is 868. The summed E-state index contributed by atoms with van der Waals surface area (Å²) >= 11 is 1.26. The van der Waals surface area contributed by atoms with Gasteiger partial charge in [-0.05, 0) is 30.2 Å². The summed E-state index contributed by atoms with van der Waals surface area (Å²) in [5, 5.41) is 3.44. The number of nitrogens with one attached hydrogen (secondary N) is 1. The molecule has 0 radical (unpaired) electrons. The fraction of sp³-hybridized carbons (Fsp3) is 0.250. The van der Waals surface area contributed by atoms with E-state index < -0.39 is 0 Å². The topological polar surface area (TPSA) is 71.0 Å². The van der Waals surface area contributed by atoms with Crippen LogP contribution in [0.5, 0.6) is 5.75 Å². The first kappa shape index (κ1) is 19.0. The zero-order chi connectivity index (χ0) is 19.2. The third-order valence-electron chi connectivity index (χ3n) is 4.03. The van der Waals surface area contributed by atoms with Gasteiger partial charge in [0.2, 0.25) is 5.91 Å². The minimum absolute atomic E-state index is 0.0536. The van der Waals surface area contributed by atoms with Crippen LogP contribution in [-0.4, -0.2) is 41.3 Å². The number of methoxy groups -OCH3 is 1. The second kappa shape index (κ2) is 8.73. The van der Waals surface area contributed by atoms with Gasteiger partial charge in [0, 0.05) is 0 Å². The maximum Gasteiger partial charge on any atom is 0.250 e. The predicted octanol–water partition coefficient (Wildman–Crippen LogP) is 3.07. The van der Waals surface area contributed by atoms with Crippen LogP contribution in [0.2, 0.25) is 0 Å². The molecule has 3 rings (SSSR count). The van der Waals surface area contributed by atoms with Crippen molar-refractivity contribution in [1.29, 1.82) is 0 Å². The number of amidine groups is 1. The lowest BCUT2D eigenvalue weighted by atomic mass is 10.2. The van der Waals surface area contributed by atoms with Crippen LogP contribution in [0.25, 0.3) is 0 Å². The van der Waals surface area contributed by atoms with Crippen LogP contribution in [0.4, 0.5) is 5.69 Å². The normalized spacial score (nSPS) is 13.5. The molecule has 2 amide bonds. The third-order valence-corrected chi connectivity index (χ3v) is 5.04. The summed E-state index contributed by atoms with van der Waals surface area (Å²) in [6, 6.07) is 15.3. The van der Waals surface area contributed by atoms with E-state index in [1.165, 1.54) is 11.8 Å². The maximum atomic E-state index is 12.3. The highest BCUT2D eigenvalue weighted by atomic mass is 32.2. The van der Waals surface area contributed by atoms with Gasteiger partial charge in [-0.1, -0.05) is 48.2 Å². The number of anilines is 1. The SMILES string of the molecule is COc1ccc(C)cc1NC(=O)CSC1=NCC(=O)N1Cc1ccccc1. The maximum absolute atomic E-state index is 12.3. The van der Waals surface area contributed by atoms with Gasteiger partial charge in [-0.15, -0.1) is 0 Å². The number of hydrogen-bond acceptors (Lipinski definition) is 5. The molecule has 1 heterocycles. The number of rotatable bonds is 6. The minimum Gasteiger partial charge on any atom is -0.495 e. The Morgan fingerprint density at radius 3 is 2.78 bits per heavy atom. The molecule has 2 aromatic carbocycles. The van der Waals surface area contributed by atoms with Crippen LogP contribution in [0.1, 0.15) is 11.1 Å². The Hall–Kier alpha value is -2.80. The van der Waals surface area contributed by atoms with Crippen molar-refractivity contribution in [2.24, 2.45) is 4.99 Å². The molecule has 0 saturated heterocycles. The molecule has 0 fully saturated rings. The summed E-state index contributed by atoms with van der Waals surface area (Å²) in [5.41, 5.74) is 2.68. The number of amides is 2. The molecular weight excluding hydrogens is 362 g/mol. The molecule has 1 aliphatic rings. The van der Waals surface area contributed by atoms with E-state index in [0.717, 1.165) is 11.1 Å². The Labute approximate surface area is 162 Å². The molecule has 1 aliphatic heterocycles. The van der Waals surface area contributed by atoms with Crippen molar-refractivity contribution in [3.8, 4) is 5.75 Å². The second-order valence-corrected chi connectivity index (χ2v) is 7.05. The fourth-order valence-corrected chi connectivity index (χ4v) is 3.50. The molecule has 0 atom stereocenters. The highest BCUT2D eigenvalue weighted by Crippen LogP contribution is 2.26. The molecule has 7 heteroatoms. The van der Waals surface area contributed by atoms with Gasteiger partial charge in [0.25, 0.3) is 5.91 Å². The molecule has 0 bridgehead atoms. The Balaban J connectivity index is 1.59. The lowest BCUT2D eigenvalue weighted by molar-refractivity contribution is -0.125. The molecule has 140 valence electrons. The summed E-state index contributed by atoms with van der Waals surface area (Å²) in [5.74, 6) is 0.542. The standard InChI is InChI=1S/C20H21N3O3S/c1-14-8-9-17(26-2)16(10-14)22-18(24)13-27-20-21-11-19(25)23(20)12-15-6-4-3-5-7-15/h3-10H,11-13H2,1-2H3,(H,22,24). The van der Waals surface area contributed by atoms with Crippen LogP contribution < -0.4 is 10.1 Å². The van der Waals surface area contributed by atoms with Gasteiger partial charge in [0.05, 0.1) is 25.1 Å². The van der Waals surface area contributed by atoms with Crippen molar-refractivity contribution in [2.45, 2.75) is 13.5 Å². The number of nitrogens with zero attached hydrogens (tertiary/aromatic N) is 2. The lowest BCUT2D eigenvalue weighted by Crippen LogP contribution is -2.31. The number of aryl methyl sites for hydroxylation is 1. The van der Waals surface area contributed by atoms with Gasteiger partial charge in [-0.3, -0.25) is 19.5 Å². The largest absolute Gasteiger partial charge is 0.495 e. The van der Waals surface area contributed by atoms with Crippen LogP contribution in [-0.2, 0) is 16.1 Å². The quantitative estimate of drug-likeness (QED) is 0.832. The Kier molecular flexibility index (Phi) is 6.13. The van der Waals surface area contributed by atoms with Crippen molar-refractivity contribution in [3.63, 3.8) is 0 Å². The van der Waals surface area contributed by atoms with E-state index in [9.17, 15) is 9.59 Å². The second-order valence-electron chi connectivity index (χ2n) is 6.10. The van der Waals surface area contributed by atoms with Gasteiger partial charge < -0.3 is 10.1 Å². The molecular formula is C20H21N3O3S. The zero-order valence-corrected chi connectivity index (χ0v) is 16.1. The number of benzene rings is 2. The highest BCUT2D eigenvalue weighted by molar-refractivity contribution is 8.14. The molecule has 0 saturated carbocycles.